The van der Waals surface area contributed by atoms with Gasteiger partial charge in [0.15, 0.2) is 6.61 Å². The highest BCUT2D eigenvalue weighted by Gasteiger charge is 2.57. The first-order valence-corrected chi connectivity index (χ1v) is 5.93. The van der Waals surface area contributed by atoms with Crippen molar-refractivity contribution in [1.29, 1.82) is 0 Å². The van der Waals surface area contributed by atoms with E-state index in [-0.39, 0.29) is 11.4 Å². The molecule has 11 heteroatoms. The Morgan fingerprint density at radius 1 is 0.913 bits per heavy atom. The quantitative estimate of drug-likeness (QED) is 0.755. The molecular formula is C12H10F9NO. The molecule has 1 atom stereocenters. The fourth-order valence-corrected chi connectivity index (χ4v) is 1.36. The van der Waals surface area contributed by atoms with E-state index < -0.39 is 37.6 Å². The zero-order valence-electron chi connectivity index (χ0n) is 11.1. The maximum absolute atomic E-state index is 13.0. The second-order valence-electron chi connectivity index (χ2n) is 4.45. The molecule has 1 aromatic carbocycles. The van der Waals surface area contributed by atoms with Crippen molar-refractivity contribution in [3.8, 4) is 5.75 Å². The average molecular weight is 355 g/mol. The number of ether oxygens (including phenoxy) is 1. The van der Waals surface area contributed by atoms with Crippen LogP contribution in [0.4, 0.5) is 45.2 Å². The van der Waals surface area contributed by atoms with E-state index in [2.05, 4.69) is 4.74 Å². The Balaban J connectivity index is 2.59. The van der Waals surface area contributed by atoms with Gasteiger partial charge in [-0.1, -0.05) is 0 Å². The van der Waals surface area contributed by atoms with Crippen LogP contribution in [-0.4, -0.2) is 37.6 Å². The number of hydrogen-bond acceptors (Lipinski definition) is 2. The molecule has 0 unspecified atom stereocenters. The summed E-state index contributed by atoms with van der Waals surface area (Å²) in [6, 6.07) is 3.98. The van der Waals surface area contributed by atoms with E-state index in [9.17, 15) is 39.5 Å². The summed E-state index contributed by atoms with van der Waals surface area (Å²) in [6.45, 7) is -3.20. The predicted octanol–water partition coefficient (Wildman–Crippen LogP) is 4.58. The summed E-state index contributed by atoms with van der Waals surface area (Å²) in [7, 11) is 0. The van der Waals surface area contributed by atoms with Crippen molar-refractivity contribution >= 4 is 5.69 Å². The fourth-order valence-electron chi connectivity index (χ4n) is 1.36. The minimum Gasteiger partial charge on any atom is -0.487 e. The van der Waals surface area contributed by atoms with Crippen LogP contribution in [0.3, 0.4) is 0 Å². The monoisotopic (exact) mass is 355 g/mol. The van der Waals surface area contributed by atoms with Crippen LogP contribution >= 0.6 is 0 Å². The molecule has 0 saturated heterocycles. The van der Waals surface area contributed by atoms with Crippen LogP contribution in [0.2, 0.25) is 0 Å². The van der Waals surface area contributed by atoms with Crippen molar-refractivity contribution in [1.82, 2.24) is 0 Å². The first-order valence-electron chi connectivity index (χ1n) is 5.93. The maximum atomic E-state index is 13.0. The third kappa shape index (κ3) is 6.45. The Hall–Kier alpha value is -1.81. The summed E-state index contributed by atoms with van der Waals surface area (Å²) in [6.07, 6.45) is -14.6. The molecule has 0 aliphatic rings. The average Bonchev–Trinajstić information content (AvgIpc) is 2.41. The normalized spacial score (nSPS) is 14.5. The highest BCUT2D eigenvalue weighted by molar-refractivity contribution is 5.46. The molecule has 0 amide bonds. The zero-order chi connectivity index (χ0) is 17.9. The van der Waals surface area contributed by atoms with Crippen molar-refractivity contribution in [3.05, 3.63) is 24.3 Å². The van der Waals surface area contributed by atoms with Gasteiger partial charge >= 0.3 is 18.3 Å². The Bertz CT molecular complexity index is 495. The Morgan fingerprint density at radius 3 is 1.87 bits per heavy atom. The second-order valence-corrected chi connectivity index (χ2v) is 4.45. The third-order valence-corrected chi connectivity index (χ3v) is 2.44. The largest absolute Gasteiger partial charge is 0.487 e. The number of benzene rings is 1. The predicted molar refractivity (Wildman–Crippen MR) is 62.4 cm³/mol. The van der Waals surface area contributed by atoms with Crippen LogP contribution in [0.5, 0.6) is 5.75 Å². The van der Waals surface area contributed by atoms with Crippen molar-refractivity contribution in [3.63, 3.8) is 0 Å². The van der Waals surface area contributed by atoms with Crippen LogP contribution in [-0.2, 0) is 0 Å². The molecule has 0 bridgehead atoms. The van der Waals surface area contributed by atoms with E-state index in [1.807, 2.05) is 5.32 Å². The molecule has 1 aromatic rings. The van der Waals surface area contributed by atoms with Crippen LogP contribution in [0, 0.1) is 0 Å². The molecule has 0 fully saturated rings. The molecule has 0 heterocycles. The van der Waals surface area contributed by atoms with E-state index in [0.29, 0.717) is 0 Å². The summed E-state index contributed by atoms with van der Waals surface area (Å²) >= 11 is 0. The summed E-state index contributed by atoms with van der Waals surface area (Å²) in [5.74, 6) is -5.15. The van der Waals surface area contributed by atoms with E-state index >= 15 is 0 Å². The van der Waals surface area contributed by atoms with Crippen molar-refractivity contribution in [2.45, 2.75) is 24.4 Å². The molecule has 0 aromatic heterocycles. The van der Waals surface area contributed by atoms with Crippen LogP contribution in [0.15, 0.2) is 24.3 Å². The van der Waals surface area contributed by atoms with Crippen molar-refractivity contribution in [2.24, 2.45) is 0 Å². The Labute approximate surface area is 124 Å². The van der Waals surface area contributed by atoms with Crippen molar-refractivity contribution in [2.75, 3.05) is 18.5 Å². The van der Waals surface area contributed by atoms with Gasteiger partial charge in [0, 0.05) is 5.69 Å². The molecule has 132 valence electrons. The van der Waals surface area contributed by atoms with Gasteiger partial charge in [0.25, 0.3) is 6.17 Å². The molecule has 23 heavy (non-hydrogen) atoms. The lowest BCUT2D eigenvalue weighted by Gasteiger charge is -2.22. The fraction of sp³-hybridized carbons (Fsp3) is 0.500. The molecule has 0 saturated carbocycles. The van der Waals surface area contributed by atoms with E-state index in [1.54, 1.807) is 0 Å². The van der Waals surface area contributed by atoms with Crippen LogP contribution in [0.1, 0.15) is 0 Å². The van der Waals surface area contributed by atoms with Gasteiger partial charge in [-0.25, -0.2) is 4.39 Å². The number of nitrogens with one attached hydrogen (secondary N) is 1. The molecule has 1 rings (SSSR count). The van der Waals surface area contributed by atoms with Crippen LogP contribution < -0.4 is 10.1 Å². The van der Waals surface area contributed by atoms with Gasteiger partial charge < -0.3 is 10.1 Å². The van der Waals surface area contributed by atoms with Gasteiger partial charge in [-0.3, -0.25) is 0 Å². The van der Waals surface area contributed by atoms with Crippen molar-refractivity contribution < 1.29 is 44.3 Å². The van der Waals surface area contributed by atoms with Gasteiger partial charge in [0.05, 0.1) is 0 Å². The number of hydrogen-bond donors (Lipinski definition) is 1. The van der Waals surface area contributed by atoms with E-state index in [4.69, 9.17) is 0 Å². The molecule has 0 aliphatic carbocycles. The SMILES string of the molecule is F[C@H](C(F)(F)F)C(F)(F)COc1ccc(NCC(F)(F)F)cc1. The molecule has 0 spiro atoms. The van der Waals surface area contributed by atoms with E-state index in [0.717, 1.165) is 24.3 Å². The summed E-state index contributed by atoms with van der Waals surface area (Å²) in [4.78, 5) is 0. The highest BCUT2D eigenvalue weighted by Crippen LogP contribution is 2.35. The van der Waals surface area contributed by atoms with Gasteiger partial charge in [-0.05, 0) is 24.3 Å². The molecular weight excluding hydrogens is 345 g/mol. The lowest BCUT2D eigenvalue weighted by molar-refractivity contribution is -0.250. The summed E-state index contributed by atoms with van der Waals surface area (Å²) in [5, 5.41) is 1.98. The molecule has 2 nitrogen and oxygen atoms in total. The summed E-state index contributed by atoms with van der Waals surface area (Å²) in [5.41, 5.74) is -0.0138. The topological polar surface area (TPSA) is 21.3 Å². The Morgan fingerprint density at radius 2 is 1.43 bits per heavy atom. The number of rotatable bonds is 6. The number of alkyl halides is 9. The smallest absolute Gasteiger partial charge is 0.425 e. The third-order valence-electron chi connectivity index (χ3n) is 2.44. The highest BCUT2D eigenvalue weighted by atomic mass is 19.4. The zero-order valence-corrected chi connectivity index (χ0v) is 11.1. The summed E-state index contributed by atoms with van der Waals surface area (Å²) < 4.78 is 114. The number of halogens is 9. The first kappa shape index (κ1) is 19.2. The van der Waals surface area contributed by atoms with Crippen LogP contribution in [0.25, 0.3) is 0 Å². The van der Waals surface area contributed by atoms with Gasteiger partial charge in [0.1, 0.15) is 12.3 Å². The molecule has 0 radical (unpaired) electrons. The maximum Gasteiger partial charge on any atom is 0.425 e. The van der Waals surface area contributed by atoms with Gasteiger partial charge in [-0.15, -0.1) is 0 Å². The first-order chi connectivity index (χ1) is 10.3. The molecule has 0 aliphatic heterocycles. The lowest BCUT2D eigenvalue weighted by atomic mass is 10.2. The standard InChI is InChI=1S/C12H10F9NO/c13-9(12(19,20)21)10(14,15)6-23-8-3-1-7(2-4-8)22-5-11(16,17)18/h1-4,9,22H,5-6H2/t9-/m0/s1. The second kappa shape index (κ2) is 6.75. The molecule has 1 N–H and O–H groups in total. The van der Waals surface area contributed by atoms with E-state index in [1.165, 1.54) is 0 Å². The van der Waals surface area contributed by atoms with Gasteiger partial charge in [0.2, 0.25) is 0 Å². The number of anilines is 1. The Kier molecular flexibility index (Phi) is 5.65. The lowest BCUT2D eigenvalue weighted by Crippen LogP contribution is -2.45. The van der Waals surface area contributed by atoms with Gasteiger partial charge in [-0.2, -0.15) is 35.1 Å². The minimum absolute atomic E-state index is 0.0138. The minimum atomic E-state index is -5.74.